The molecular weight excluding hydrogens is 310 g/mol. The minimum absolute atomic E-state index is 0.459. The Hall–Kier alpha value is -3.03. The Morgan fingerprint density at radius 3 is 2.92 bits per heavy atom. The zero-order valence-corrected chi connectivity index (χ0v) is 13.5. The van der Waals surface area contributed by atoms with Gasteiger partial charge in [0.1, 0.15) is 12.2 Å². The Bertz CT molecular complexity index is 786. The highest BCUT2D eigenvalue weighted by Crippen LogP contribution is 2.39. The van der Waals surface area contributed by atoms with Gasteiger partial charge >= 0.3 is 0 Å². The van der Waals surface area contributed by atoms with E-state index in [0.29, 0.717) is 29.8 Å². The second-order valence-corrected chi connectivity index (χ2v) is 5.35. The van der Waals surface area contributed by atoms with Crippen molar-refractivity contribution in [2.24, 2.45) is 11.7 Å². The van der Waals surface area contributed by atoms with Gasteiger partial charge in [0.05, 0.1) is 19.8 Å². The number of primary amides is 1. The predicted molar refractivity (Wildman–Crippen MR) is 87.8 cm³/mol. The SMILES string of the molecule is C=C1Nc2ncnn2C(c2ccc(OC)c(OCC)c2)C1C(N)=O. The van der Waals surface area contributed by atoms with Gasteiger partial charge in [0, 0.05) is 5.70 Å². The van der Waals surface area contributed by atoms with E-state index in [1.165, 1.54) is 6.33 Å². The van der Waals surface area contributed by atoms with E-state index in [1.807, 2.05) is 19.1 Å². The second kappa shape index (κ2) is 6.23. The highest BCUT2D eigenvalue weighted by Gasteiger charge is 2.38. The van der Waals surface area contributed by atoms with Crippen LogP contribution >= 0.6 is 0 Å². The van der Waals surface area contributed by atoms with Crippen LogP contribution in [0.2, 0.25) is 0 Å². The Morgan fingerprint density at radius 2 is 2.25 bits per heavy atom. The summed E-state index contributed by atoms with van der Waals surface area (Å²) in [6.07, 6.45) is 1.42. The van der Waals surface area contributed by atoms with Crippen LogP contribution in [0.1, 0.15) is 18.5 Å². The molecule has 0 saturated heterocycles. The Kier molecular flexibility index (Phi) is 4.11. The number of aromatic nitrogens is 3. The maximum atomic E-state index is 12.0. The fourth-order valence-corrected chi connectivity index (χ4v) is 2.90. The molecule has 2 heterocycles. The van der Waals surface area contributed by atoms with Crippen molar-refractivity contribution in [3.8, 4) is 11.5 Å². The molecule has 126 valence electrons. The molecule has 1 aromatic carbocycles. The highest BCUT2D eigenvalue weighted by atomic mass is 16.5. The molecule has 0 radical (unpaired) electrons. The molecule has 1 amide bonds. The second-order valence-electron chi connectivity index (χ2n) is 5.35. The van der Waals surface area contributed by atoms with Gasteiger partial charge < -0.3 is 20.5 Å². The molecule has 0 aliphatic carbocycles. The van der Waals surface area contributed by atoms with Crippen molar-refractivity contribution in [3.05, 3.63) is 42.4 Å². The number of carbonyl (C=O) groups excluding carboxylic acids is 1. The molecule has 0 fully saturated rings. The van der Waals surface area contributed by atoms with E-state index in [0.717, 1.165) is 5.56 Å². The van der Waals surface area contributed by atoms with E-state index >= 15 is 0 Å². The number of hydrogen-bond donors (Lipinski definition) is 2. The van der Waals surface area contributed by atoms with Gasteiger partial charge in [0.15, 0.2) is 11.5 Å². The van der Waals surface area contributed by atoms with Crippen LogP contribution < -0.4 is 20.5 Å². The van der Waals surface area contributed by atoms with Crippen LogP contribution in [0.5, 0.6) is 11.5 Å². The Labute approximate surface area is 139 Å². The van der Waals surface area contributed by atoms with E-state index in [-0.39, 0.29) is 0 Å². The van der Waals surface area contributed by atoms with Gasteiger partial charge in [-0.15, -0.1) is 0 Å². The Morgan fingerprint density at radius 1 is 1.46 bits per heavy atom. The Balaban J connectivity index is 2.13. The van der Waals surface area contributed by atoms with Crippen LogP contribution in [-0.2, 0) is 4.79 Å². The van der Waals surface area contributed by atoms with Gasteiger partial charge in [-0.2, -0.15) is 10.1 Å². The summed E-state index contributed by atoms with van der Waals surface area (Å²) in [7, 11) is 1.58. The summed E-state index contributed by atoms with van der Waals surface area (Å²) in [6.45, 7) is 6.30. The van der Waals surface area contributed by atoms with Gasteiger partial charge in [-0.3, -0.25) is 4.79 Å². The van der Waals surface area contributed by atoms with Gasteiger partial charge in [-0.1, -0.05) is 12.6 Å². The van der Waals surface area contributed by atoms with E-state index in [9.17, 15) is 4.79 Å². The molecule has 3 rings (SSSR count). The van der Waals surface area contributed by atoms with Crippen LogP contribution in [0.4, 0.5) is 5.95 Å². The number of nitrogens with one attached hydrogen (secondary N) is 1. The third kappa shape index (κ3) is 2.55. The van der Waals surface area contributed by atoms with Crippen molar-refractivity contribution >= 4 is 11.9 Å². The average molecular weight is 329 g/mol. The normalized spacial score (nSPS) is 19.3. The highest BCUT2D eigenvalue weighted by molar-refractivity contribution is 5.82. The lowest BCUT2D eigenvalue weighted by Crippen LogP contribution is -2.40. The topological polar surface area (TPSA) is 104 Å². The lowest BCUT2D eigenvalue weighted by Gasteiger charge is -2.33. The van der Waals surface area contributed by atoms with Crippen LogP contribution in [-0.4, -0.2) is 34.4 Å². The number of ether oxygens (including phenoxy) is 2. The molecule has 1 aliphatic heterocycles. The first kappa shape index (κ1) is 15.9. The molecule has 1 aliphatic rings. The molecule has 2 unspecified atom stereocenters. The standard InChI is InChI=1S/C16H19N5O3/c1-4-24-12-7-10(5-6-11(12)23-3)14-13(15(17)22)9(2)20-16-18-8-19-21(14)16/h5-8,13-14H,2,4H2,1,3H3,(H2,17,22)(H,18,19,20). The number of amides is 1. The summed E-state index contributed by atoms with van der Waals surface area (Å²) in [6, 6.07) is 5.01. The number of benzene rings is 1. The summed E-state index contributed by atoms with van der Waals surface area (Å²) in [5.74, 6) is 0.556. The van der Waals surface area contributed by atoms with Crippen LogP contribution in [0.3, 0.4) is 0 Å². The van der Waals surface area contributed by atoms with E-state index in [2.05, 4.69) is 22.0 Å². The molecule has 0 bridgehead atoms. The van der Waals surface area contributed by atoms with Crippen molar-refractivity contribution in [2.45, 2.75) is 13.0 Å². The van der Waals surface area contributed by atoms with Crippen molar-refractivity contribution in [3.63, 3.8) is 0 Å². The summed E-state index contributed by atoms with van der Waals surface area (Å²) >= 11 is 0. The maximum absolute atomic E-state index is 12.0. The summed E-state index contributed by atoms with van der Waals surface area (Å²) in [5, 5.41) is 7.19. The van der Waals surface area contributed by atoms with Gasteiger partial charge in [0.2, 0.25) is 11.9 Å². The van der Waals surface area contributed by atoms with Crippen LogP contribution in [0.25, 0.3) is 0 Å². The van der Waals surface area contributed by atoms with Crippen molar-refractivity contribution in [2.75, 3.05) is 19.0 Å². The smallest absolute Gasteiger partial charge is 0.229 e. The first-order valence-corrected chi connectivity index (χ1v) is 7.52. The van der Waals surface area contributed by atoms with E-state index < -0.39 is 17.9 Å². The first-order chi connectivity index (χ1) is 11.6. The number of nitrogens with two attached hydrogens (primary N) is 1. The molecular formula is C16H19N5O3. The fourth-order valence-electron chi connectivity index (χ4n) is 2.90. The summed E-state index contributed by atoms with van der Waals surface area (Å²) in [4.78, 5) is 16.2. The molecule has 0 spiro atoms. The number of nitrogens with zero attached hydrogens (tertiary/aromatic N) is 3. The van der Waals surface area contributed by atoms with Crippen molar-refractivity contribution in [1.82, 2.24) is 14.8 Å². The number of fused-ring (bicyclic) bond motifs is 1. The molecule has 3 N–H and O–H groups in total. The first-order valence-electron chi connectivity index (χ1n) is 7.52. The minimum atomic E-state index is -0.665. The fraction of sp³-hybridized carbons (Fsp3) is 0.312. The molecule has 2 atom stereocenters. The number of rotatable bonds is 5. The summed E-state index contributed by atoms with van der Waals surface area (Å²) < 4.78 is 12.6. The van der Waals surface area contributed by atoms with E-state index in [4.69, 9.17) is 15.2 Å². The largest absolute Gasteiger partial charge is 0.493 e. The number of carbonyl (C=O) groups is 1. The van der Waals surface area contributed by atoms with Gasteiger partial charge in [-0.05, 0) is 24.6 Å². The predicted octanol–water partition coefficient (Wildman–Crippen LogP) is 1.32. The third-order valence-electron chi connectivity index (χ3n) is 3.94. The number of hydrogen-bond acceptors (Lipinski definition) is 6. The van der Waals surface area contributed by atoms with Crippen molar-refractivity contribution in [1.29, 1.82) is 0 Å². The van der Waals surface area contributed by atoms with Crippen LogP contribution in [0, 0.1) is 5.92 Å². The number of anilines is 1. The monoisotopic (exact) mass is 329 g/mol. The number of methoxy groups -OCH3 is 1. The van der Waals surface area contributed by atoms with Gasteiger partial charge in [0.25, 0.3) is 0 Å². The lowest BCUT2D eigenvalue weighted by molar-refractivity contribution is -0.121. The quantitative estimate of drug-likeness (QED) is 0.857. The molecule has 2 aromatic rings. The molecule has 0 saturated carbocycles. The zero-order chi connectivity index (χ0) is 17.3. The van der Waals surface area contributed by atoms with Crippen molar-refractivity contribution < 1.29 is 14.3 Å². The zero-order valence-electron chi connectivity index (χ0n) is 13.5. The molecule has 24 heavy (non-hydrogen) atoms. The molecule has 1 aromatic heterocycles. The van der Waals surface area contributed by atoms with Gasteiger partial charge in [-0.25, -0.2) is 4.68 Å². The lowest BCUT2D eigenvalue weighted by atomic mass is 9.88. The van der Waals surface area contributed by atoms with E-state index in [1.54, 1.807) is 17.9 Å². The van der Waals surface area contributed by atoms with Crippen LogP contribution in [0.15, 0.2) is 36.8 Å². The average Bonchev–Trinajstić information content (AvgIpc) is 3.01. The molecule has 8 heteroatoms. The maximum Gasteiger partial charge on any atom is 0.229 e. The minimum Gasteiger partial charge on any atom is -0.493 e. The third-order valence-corrected chi connectivity index (χ3v) is 3.94. The summed E-state index contributed by atoms with van der Waals surface area (Å²) in [5.41, 5.74) is 6.90. The molecule has 8 nitrogen and oxygen atoms in total.